The number of hydrogen-bond donors (Lipinski definition) is 2. The molecule has 0 aliphatic heterocycles. The summed E-state index contributed by atoms with van der Waals surface area (Å²) in [7, 11) is 0. The van der Waals surface area contributed by atoms with Gasteiger partial charge in [-0.1, -0.05) is 51.1 Å². The van der Waals surface area contributed by atoms with Gasteiger partial charge in [-0.25, -0.2) is 4.68 Å². The number of hydrogen-bond acceptors (Lipinski definition) is 4. The summed E-state index contributed by atoms with van der Waals surface area (Å²) in [6.45, 7) is 9.27. The van der Waals surface area contributed by atoms with E-state index in [1.165, 1.54) is 11.1 Å². The Hall–Kier alpha value is -2.15. The van der Waals surface area contributed by atoms with Crippen LogP contribution in [-0.4, -0.2) is 21.7 Å². The first-order valence-corrected chi connectivity index (χ1v) is 12.3. The van der Waals surface area contributed by atoms with Crippen molar-refractivity contribution in [1.29, 1.82) is 0 Å². The summed E-state index contributed by atoms with van der Waals surface area (Å²) in [4.78, 5) is 25.2. The highest BCUT2D eigenvalue weighted by molar-refractivity contribution is 9.10. The van der Waals surface area contributed by atoms with Crippen molar-refractivity contribution in [1.82, 2.24) is 15.1 Å². The van der Waals surface area contributed by atoms with Crippen LogP contribution in [0.5, 0.6) is 0 Å². The van der Waals surface area contributed by atoms with E-state index >= 15 is 0 Å². The minimum Gasteiger partial charge on any atom is -0.380 e. The summed E-state index contributed by atoms with van der Waals surface area (Å²) in [5, 5.41) is 10.9. The molecule has 7 heteroatoms. The monoisotopic (exact) mass is 500 g/mol. The highest BCUT2D eigenvalue weighted by Gasteiger charge is 2.56. The number of carbonyl (C=O) groups excluding carboxylic acids is 1. The molecule has 6 nitrogen and oxygen atoms in total. The lowest BCUT2D eigenvalue weighted by Gasteiger charge is -2.62. The third-order valence-electron chi connectivity index (χ3n) is 7.91. The van der Waals surface area contributed by atoms with Gasteiger partial charge in [0.2, 0.25) is 5.91 Å². The van der Waals surface area contributed by atoms with Crippen LogP contribution in [0.4, 0.5) is 5.69 Å². The molecule has 0 saturated heterocycles. The SMILES string of the molecule is CC(NC(=O)CCn1ncc(N[C@@H]2C[C@H]3C[C@H]([C@@H]2C)C3(C)C)c(Br)c1=O)c1ccccc1. The maximum absolute atomic E-state index is 12.8. The molecule has 1 amide bonds. The van der Waals surface area contributed by atoms with Crippen LogP contribution in [-0.2, 0) is 11.3 Å². The number of nitrogens with zero attached hydrogens (tertiary/aromatic N) is 2. The van der Waals surface area contributed by atoms with E-state index in [1.807, 2.05) is 37.3 Å². The van der Waals surface area contributed by atoms with Gasteiger partial charge in [0.05, 0.1) is 24.5 Å². The second kappa shape index (κ2) is 9.00. The van der Waals surface area contributed by atoms with E-state index in [0.717, 1.165) is 29.5 Å². The van der Waals surface area contributed by atoms with Crippen molar-refractivity contribution in [2.45, 2.75) is 65.6 Å². The van der Waals surface area contributed by atoms with Gasteiger partial charge in [-0.05, 0) is 64.4 Å². The zero-order valence-electron chi connectivity index (χ0n) is 19.3. The molecule has 3 aliphatic rings. The van der Waals surface area contributed by atoms with Gasteiger partial charge < -0.3 is 10.6 Å². The molecule has 2 bridgehead atoms. The predicted molar refractivity (Wildman–Crippen MR) is 130 cm³/mol. The average Bonchev–Trinajstić information content (AvgIpc) is 2.77. The van der Waals surface area contributed by atoms with E-state index < -0.39 is 0 Å². The third kappa shape index (κ3) is 4.36. The Morgan fingerprint density at radius 3 is 2.66 bits per heavy atom. The molecule has 1 aromatic carbocycles. The van der Waals surface area contributed by atoms with Crippen LogP contribution in [0.1, 0.15) is 58.6 Å². The zero-order valence-corrected chi connectivity index (χ0v) is 20.9. The number of halogens is 1. The van der Waals surface area contributed by atoms with Crippen molar-refractivity contribution in [2.75, 3.05) is 5.32 Å². The van der Waals surface area contributed by atoms with Crippen molar-refractivity contribution < 1.29 is 4.79 Å². The largest absolute Gasteiger partial charge is 0.380 e. The van der Waals surface area contributed by atoms with E-state index in [9.17, 15) is 9.59 Å². The van der Waals surface area contributed by atoms with Crippen molar-refractivity contribution in [3.8, 4) is 0 Å². The average molecular weight is 501 g/mol. The summed E-state index contributed by atoms with van der Waals surface area (Å²) < 4.78 is 1.84. The lowest BCUT2D eigenvalue weighted by molar-refractivity contribution is -0.122. The maximum Gasteiger partial charge on any atom is 0.283 e. The van der Waals surface area contributed by atoms with Crippen molar-refractivity contribution >= 4 is 27.5 Å². The lowest BCUT2D eigenvalue weighted by Crippen LogP contribution is -2.58. The molecule has 0 radical (unpaired) electrons. The first kappa shape index (κ1) is 23.0. The fourth-order valence-corrected chi connectivity index (χ4v) is 6.03. The van der Waals surface area contributed by atoms with E-state index in [0.29, 0.717) is 21.8 Å². The van der Waals surface area contributed by atoms with Crippen molar-refractivity contribution in [2.24, 2.45) is 23.2 Å². The molecule has 5 atom stereocenters. The zero-order chi connectivity index (χ0) is 23.0. The Morgan fingerprint density at radius 1 is 1.28 bits per heavy atom. The highest BCUT2D eigenvalue weighted by atomic mass is 79.9. The molecule has 32 heavy (non-hydrogen) atoms. The molecule has 2 aromatic rings. The molecule has 3 aliphatic carbocycles. The summed E-state index contributed by atoms with van der Waals surface area (Å²) in [6.07, 6.45) is 4.34. The van der Waals surface area contributed by atoms with Crippen LogP contribution in [0.2, 0.25) is 0 Å². The summed E-state index contributed by atoms with van der Waals surface area (Å²) >= 11 is 3.47. The van der Waals surface area contributed by atoms with Gasteiger partial charge in [0.15, 0.2) is 0 Å². The van der Waals surface area contributed by atoms with Gasteiger partial charge in [-0.3, -0.25) is 9.59 Å². The molecular formula is C25H33BrN4O2. The molecule has 3 fully saturated rings. The Morgan fingerprint density at radius 2 is 2.00 bits per heavy atom. The number of benzene rings is 1. The number of carbonyl (C=O) groups is 1. The van der Waals surface area contributed by atoms with Crippen LogP contribution < -0.4 is 16.2 Å². The van der Waals surface area contributed by atoms with Crippen LogP contribution in [0.15, 0.2) is 45.8 Å². The van der Waals surface area contributed by atoms with Crippen molar-refractivity contribution in [3.05, 3.63) is 56.9 Å². The van der Waals surface area contributed by atoms with E-state index in [2.05, 4.69) is 52.4 Å². The van der Waals surface area contributed by atoms with E-state index in [1.54, 1.807) is 6.20 Å². The van der Waals surface area contributed by atoms with Crippen LogP contribution >= 0.6 is 15.9 Å². The number of aryl methyl sites for hydroxylation is 1. The molecule has 2 N–H and O–H groups in total. The summed E-state index contributed by atoms with van der Waals surface area (Å²) in [5.41, 5.74) is 2.00. The van der Waals surface area contributed by atoms with Crippen LogP contribution in [0.25, 0.3) is 0 Å². The predicted octanol–water partition coefficient (Wildman–Crippen LogP) is 4.76. The molecule has 1 unspecified atom stereocenters. The third-order valence-corrected chi connectivity index (χ3v) is 8.67. The topological polar surface area (TPSA) is 76.0 Å². The number of rotatable bonds is 7. The second-order valence-electron chi connectivity index (χ2n) is 10.1. The Kier molecular flexibility index (Phi) is 6.48. The quantitative estimate of drug-likeness (QED) is 0.574. The Balaban J connectivity index is 1.35. The fraction of sp³-hybridized carbons (Fsp3) is 0.560. The lowest BCUT2D eigenvalue weighted by atomic mass is 9.45. The van der Waals surface area contributed by atoms with Gasteiger partial charge in [0, 0.05) is 12.5 Å². The van der Waals surface area contributed by atoms with Gasteiger partial charge in [-0.2, -0.15) is 5.10 Å². The highest BCUT2D eigenvalue weighted by Crippen LogP contribution is 2.61. The van der Waals surface area contributed by atoms with Crippen molar-refractivity contribution in [3.63, 3.8) is 0 Å². The Labute approximate surface area is 198 Å². The van der Waals surface area contributed by atoms with Gasteiger partial charge >= 0.3 is 0 Å². The summed E-state index contributed by atoms with van der Waals surface area (Å²) in [5.74, 6) is 1.92. The molecule has 5 rings (SSSR count). The molecule has 1 heterocycles. The molecular weight excluding hydrogens is 468 g/mol. The number of nitrogens with one attached hydrogen (secondary N) is 2. The van der Waals surface area contributed by atoms with E-state index in [4.69, 9.17) is 0 Å². The smallest absolute Gasteiger partial charge is 0.283 e. The molecule has 3 saturated carbocycles. The number of amides is 1. The minimum atomic E-state index is -0.215. The first-order valence-electron chi connectivity index (χ1n) is 11.5. The van der Waals surface area contributed by atoms with Gasteiger partial charge in [0.1, 0.15) is 4.47 Å². The van der Waals surface area contributed by atoms with Gasteiger partial charge in [-0.15, -0.1) is 0 Å². The maximum atomic E-state index is 12.8. The van der Waals surface area contributed by atoms with E-state index in [-0.39, 0.29) is 30.5 Å². The standard InChI is InChI=1S/C25H33BrN4O2/c1-15-19-12-18(25(19,3)4)13-20(15)29-21-14-27-30(24(32)23(21)26)11-10-22(31)28-16(2)17-8-6-5-7-9-17/h5-9,14-16,18-20,29H,10-13H2,1-4H3,(H,28,31)/t15-,16?,18+,19+,20+/m0/s1. The van der Waals surface area contributed by atoms with Crippen LogP contribution in [0, 0.1) is 23.2 Å². The fourth-order valence-electron chi connectivity index (χ4n) is 5.61. The molecule has 172 valence electrons. The normalized spacial score (nSPS) is 26.7. The summed E-state index contributed by atoms with van der Waals surface area (Å²) in [6, 6.07) is 10.1. The first-order chi connectivity index (χ1) is 15.2. The number of aromatic nitrogens is 2. The van der Waals surface area contributed by atoms with Crippen LogP contribution in [0.3, 0.4) is 0 Å². The molecule has 1 aromatic heterocycles. The molecule has 0 spiro atoms. The number of fused-ring (bicyclic) bond motifs is 2. The number of anilines is 1. The minimum absolute atomic E-state index is 0.0830. The van der Waals surface area contributed by atoms with Gasteiger partial charge in [0.25, 0.3) is 5.56 Å². The Bertz CT molecular complexity index is 1040. The second-order valence-corrected chi connectivity index (χ2v) is 10.8.